The van der Waals surface area contributed by atoms with Gasteiger partial charge in [0.05, 0.1) is 24.5 Å². The number of carbonyl (C=O) groups excluding carboxylic acids is 1. The summed E-state index contributed by atoms with van der Waals surface area (Å²) < 4.78 is 45.5. The Balaban J connectivity index is 1.90. The fourth-order valence-electron chi connectivity index (χ4n) is 3.11. The number of rotatable bonds is 2. The SMILES string of the molecule is CC(=O)N1C[C@@H]2OCCS(=O)(=O)N(Cc3cccc(F)c3)[C@@H]2C1. The Morgan fingerprint density at radius 3 is 2.87 bits per heavy atom. The van der Waals surface area contributed by atoms with Gasteiger partial charge in [-0.3, -0.25) is 4.79 Å². The number of sulfonamides is 1. The molecular formula is C15H19FN2O4S. The van der Waals surface area contributed by atoms with Gasteiger partial charge in [-0.1, -0.05) is 12.1 Å². The van der Waals surface area contributed by atoms with Crippen LogP contribution in [0, 0.1) is 5.82 Å². The standard InChI is InChI=1S/C15H19FN2O4S/c1-11(19)17-9-14-15(10-17)22-5-6-23(20,21)18(14)8-12-3-2-4-13(16)7-12/h2-4,7,14-15H,5-6,8-10H2,1H3/t14-,15+/m1/s1. The van der Waals surface area contributed by atoms with Gasteiger partial charge < -0.3 is 9.64 Å². The number of hydrogen-bond acceptors (Lipinski definition) is 4. The van der Waals surface area contributed by atoms with Crippen LogP contribution in [0.2, 0.25) is 0 Å². The Morgan fingerprint density at radius 1 is 1.39 bits per heavy atom. The third-order valence-corrected chi connectivity index (χ3v) is 6.11. The number of amides is 1. The number of carbonyl (C=O) groups is 1. The van der Waals surface area contributed by atoms with Crippen molar-refractivity contribution in [1.82, 2.24) is 9.21 Å². The Labute approximate surface area is 134 Å². The van der Waals surface area contributed by atoms with E-state index in [1.807, 2.05) is 0 Å². The van der Waals surface area contributed by atoms with Crippen molar-refractivity contribution in [1.29, 1.82) is 0 Å². The maximum Gasteiger partial charge on any atom is 0.219 e. The van der Waals surface area contributed by atoms with E-state index in [-0.39, 0.29) is 30.9 Å². The van der Waals surface area contributed by atoms with Crippen molar-refractivity contribution in [2.45, 2.75) is 25.6 Å². The fraction of sp³-hybridized carbons (Fsp3) is 0.533. The second kappa shape index (κ2) is 6.18. The lowest BCUT2D eigenvalue weighted by molar-refractivity contribution is -0.128. The summed E-state index contributed by atoms with van der Waals surface area (Å²) in [5.41, 5.74) is 0.579. The molecule has 3 rings (SSSR count). The minimum absolute atomic E-state index is 0.0797. The van der Waals surface area contributed by atoms with Crippen molar-refractivity contribution in [3.8, 4) is 0 Å². The number of ether oxygens (including phenoxy) is 1. The number of hydrogen-bond donors (Lipinski definition) is 0. The second-order valence-electron chi connectivity index (χ2n) is 5.89. The largest absolute Gasteiger partial charge is 0.374 e. The number of fused-ring (bicyclic) bond motifs is 1. The van der Waals surface area contributed by atoms with Gasteiger partial charge in [0.1, 0.15) is 5.82 Å². The lowest BCUT2D eigenvalue weighted by Gasteiger charge is -2.28. The van der Waals surface area contributed by atoms with Crippen LogP contribution in [-0.4, -0.2) is 61.1 Å². The summed E-state index contributed by atoms with van der Waals surface area (Å²) in [5, 5.41) is 0. The smallest absolute Gasteiger partial charge is 0.219 e. The van der Waals surface area contributed by atoms with E-state index in [0.29, 0.717) is 18.7 Å². The Kier molecular flexibility index (Phi) is 4.39. The molecule has 1 aromatic carbocycles. The van der Waals surface area contributed by atoms with Gasteiger partial charge in [0.2, 0.25) is 15.9 Å². The molecule has 0 spiro atoms. The van der Waals surface area contributed by atoms with E-state index >= 15 is 0 Å². The lowest BCUT2D eigenvalue weighted by atomic mass is 10.1. The van der Waals surface area contributed by atoms with Gasteiger partial charge in [0, 0.05) is 26.6 Å². The molecule has 8 heteroatoms. The van der Waals surface area contributed by atoms with Gasteiger partial charge in [-0.2, -0.15) is 4.31 Å². The number of halogens is 1. The van der Waals surface area contributed by atoms with Crippen molar-refractivity contribution in [3.05, 3.63) is 35.6 Å². The van der Waals surface area contributed by atoms with Crippen molar-refractivity contribution < 1.29 is 22.3 Å². The molecular weight excluding hydrogens is 323 g/mol. The molecule has 6 nitrogen and oxygen atoms in total. The quantitative estimate of drug-likeness (QED) is 0.789. The van der Waals surface area contributed by atoms with Gasteiger partial charge in [-0.05, 0) is 17.7 Å². The van der Waals surface area contributed by atoms with E-state index in [1.54, 1.807) is 17.0 Å². The van der Waals surface area contributed by atoms with E-state index in [2.05, 4.69) is 0 Å². The molecule has 0 aliphatic carbocycles. The topological polar surface area (TPSA) is 66.9 Å². The van der Waals surface area contributed by atoms with Crippen LogP contribution in [0.15, 0.2) is 24.3 Å². The zero-order chi connectivity index (χ0) is 16.6. The number of nitrogens with zero attached hydrogens (tertiary/aromatic N) is 2. The third kappa shape index (κ3) is 3.39. The van der Waals surface area contributed by atoms with Crippen LogP contribution in [-0.2, 0) is 26.1 Å². The monoisotopic (exact) mass is 342 g/mol. The van der Waals surface area contributed by atoms with E-state index in [9.17, 15) is 17.6 Å². The maximum atomic E-state index is 13.4. The Hall–Kier alpha value is -1.51. The molecule has 2 atom stereocenters. The molecule has 2 fully saturated rings. The zero-order valence-corrected chi connectivity index (χ0v) is 13.6. The molecule has 0 N–H and O–H groups in total. The second-order valence-corrected chi connectivity index (χ2v) is 7.93. The highest BCUT2D eigenvalue weighted by atomic mass is 32.2. The summed E-state index contributed by atoms with van der Waals surface area (Å²) in [6, 6.07) is 5.46. The van der Waals surface area contributed by atoms with E-state index in [0.717, 1.165) is 0 Å². The molecule has 0 saturated carbocycles. The molecule has 0 radical (unpaired) electrons. The summed E-state index contributed by atoms with van der Waals surface area (Å²) in [7, 11) is -3.53. The molecule has 126 valence electrons. The van der Waals surface area contributed by atoms with Crippen LogP contribution >= 0.6 is 0 Å². The Bertz CT molecular complexity index is 709. The van der Waals surface area contributed by atoms with Crippen LogP contribution in [0.25, 0.3) is 0 Å². The zero-order valence-electron chi connectivity index (χ0n) is 12.8. The van der Waals surface area contributed by atoms with Crippen molar-refractivity contribution in [2.75, 3.05) is 25.4 Å². The first-order valence-corrected chi connectivity index (χ1v) is 9.09. The van der Waals surface area contributed by atoms with Gasteiger partial charge in [-0.25, -0.2) is 12.8 Å². The summed E-state index contributed by atoms with van der Waals surface area (Å²) in [5.74, 6) is -0.612. The molecule has 2 aliphatic heterocycles. The van der Waals surface area contributed by atoms with Gasteiger partial charge >= 0.3 is 0 Å². The molecule has 23 heavy (non-hydrogen) atoms. The highest BCUT2D eigenvalue weighted by Crippen LogP contribution is 2.27. The van der Waals surface area contributed by atoms with E-state index in [4.69, 9.17) is 4.74 Å². The number of likely N-dealkylation sites (tertiary alicyclic amines) is 1. The van der Waals surface area contributed by atoms with E-state index < -0.39 is 21.9 Å². The van der Waals surface area contributed by atoms with Crippen molar-refractivity contribution in [3.63, 3.8) is 0 Å². The van der Waals surface area contributed by atoms with Crippen LogP contribution < -0.4 is 0 Å². The molecule has 0 aromatic heterocycles. The summed E-state index contributed by atoms with van der Waals surface area (Å²) in [4.78, 5) is 13.2. The minimum Gasteiger partial charge on any atom is -0.374 e. The normalized spacial score (nSPS) is 27.5. The molecule has 2 heterocycles. The summed E-state index contributed by atoms with van der Waals surface area (Å²) in [6.45, 7) is 2.32. The number of benzene rings is 1. The molecule has 1 amide bonds. The van der Waals surface area contributed by atoms with Gasteiger partial charge in [0.25, 0.3) is 0 Å². The molecule has 0 unspecified atom stereocenters. The Morgan fingerprint density at radius 2 is 2.17 bits per heavy atom. The van der Waals surface area contributed by atoms with Crippen LogP contribution in [0.5, 0.6) is 0 Å². The average molecular weight is 342 g/mol. The summed E-state index contributed by atoms with van der Waals surface area (Å²) in [6.07, 6.45) is -0.343. The van der Waals surface area contributed by atoms with Gasteiger partial charge in [-0.15, -0.1) is 0 Å². The van der Waals surface area contributed by atoms with Gasteiger partial charge in [0.15, 0.2) is 0 Å². The molecule has 0 bridgehead atoms. The van der Waals surface area contributed by atoms with Crippen molar-refractivity contribution >= 4 is 15.9 Å². The first-order chi connectivity index (χ1) is 10.9. The predicted octanol–water partition coefficient (Wildman–Crippen LogP) is 0.587. The van der Waals surface area contributed by atoms with Crippen LogP contribution in [0.4, 0.5) is 4.39 Å². The fourth-order valence-corrected chi connectivity index (χ4v) is 4.62. The molecule has 2 saturated heterocycles. The highest BCUT2D eigenvalue weighted by Gasteiger charge is 2.45. The highest BCUT2D eigenvalue weighted by molar-refractivity contribution is 7.89. The summed E-state index contributed by atoms with van der Waals surface area (Å²) >= 11 is 0. The maximum absolute atomic E-state index is 13.4. The molecule has 2 aliphatic rings. The predicted molar refractivity (Wildman–Crippen MR) is 81.5 cm³/mol. The first-order valence-electron chi connectivity index (χ1n) is 7.48. The molecule has 1 aromatic rings. The van der Waals surface area contributed by atoms with Crippen LogP contribution in [0.3, 0.4) is 0 Å². The van der Waals surface area contributed by atoms with E-state index in [1.165, 1.54) is 23.4 Å². The average Bonchev–Trinajstić information content (AvgIpc) is 2.84. The first kappa shape index (κ1) is 16.4. The third-order valence-electron chi connectivity index (χ3n) is 4.31. The lowest BCUT2D eigenvalue weighted by Crippen LogP contribution is -2.45. The van der Waals surface area contributed by atoms with Crippen LogP contribution in [0.1, 0.15) is 12.5 Å². The van der Waals surface area contributed by atoms with Crippen molar-refractivity contribution in [2.24, 2.45) is 0 Å². The minimum atomic E-state index is -3.53.